The molecule has 3 N–H and O–H groups in total. The number of benzene rings is 1. The maximum absolute atomic E-state index is 11.8. The first-order valence-electron chi connectivity index (χ1n) is 8.18. The quantitative estimate of drug-likeness (QED) is 0.553. The first kappa shape index (κ1) is 16.4. The molecule has 0 saturated heterocycles. The van der Waals surface area contributed by atoms with Crippen molar-refractivity contribution >= 4 is 11.0 Å². The zero-order valence-corrected chi connectivity index (χ0v) is 13.5. The highest BCUT2D eigenvalue weighted by Gasteiger charge is 2.12. The number of nitrogens with one attached hydrogen (secondary N) is 2. The summed E-state index contributed by atoms with van der Waals surface area (Å²) >= 11 is 0. The zero-order valence-electron chi connectivity index (χ0n) is 13.5. The van der Waals surface area contributed by atoms with Gasteiger partial charge < -0.3 is 15.1 Å². The van der Waals surface area contributed by atoms with E-state index in [1.165, 1.54) is 11.9 Å². The molecule has 3 rings (SSSR count). The van der Waals surface area contributed by atoms with Crippen molar-refractivity contribution in [3.63, 3.8) is 0 Å². The minimum Gasteiger partial charge on any atom is -0.396 e. The van der Waals surface area contributed by atoms with Crippen molar-refractivity contribution in [2.45, 2.75) is 25.9 Å². The third kappa shape index (κ3) is 3.90. The molecule has 24 heavy (non-hydrogen) atoms. The molecule has 1 aromatic carbocycles. The predicted molar refractivity (Wildman–Crippen MR) is 93.6 cm³/mol. The maximum Gasteiger partial charge on any atom is 0.275 e. The van der Waals surface area contributed by atoms with Gasteiger partial charge in [-0.2, -0.15) is 0 Å². The molecule has 2 heterocycles. The Bertz CT molecular complexity index is 826. The molecule has 0 atom stereocenters. The van der Waals surface area contributed by atoms with Crippen LogP contribution in [0.25, 0.3) is 11.0 Å². The van der Waals surface area contributed by atoms with E-state index in [1.807, 2.05) is 24.4 Å². The second kappa shape index (κ2) is 7.90. The van der Waals surface area contributed by atoms with Gasteiger partial charge in [0.2, 0.25) is 0 Å². The molecular weight excluding hydrogens is 304 g/mol. The fourth-order valence-corrected chi connectivity index (χ4v) is 2.87. The summed E-state index contributed by atoms with van der Waals surface area (Å²) in [6.07, 6.45) is 5.02. The van der Waals surface area contributed by atoms with E-state index in [0.717, 1.165) is 37.0 Å². The van der Waals surface area contributed by atoms with Gasteiger partial charge in [-0.15, -0.1) is 0 Å². The van der Waals surface area contributed by atoms with Gasteiger partial charge in [-0.3, -0.25) is 9.69 Å². The van der Waals surface area contributed by atoms with E-state index < -0.39 is 0 Å². The van der Waals surface area contributed by atoms with Gasteiger partial charge in [0.1, 0.15) is 5.52 Å². The van der Waals surface area contributed by atoms with Crippen LogP contribution >= 0.6 is 0 Å². The molecule has 0 fully saturated rings. The number of aromatic amines is 2. The molecule has 0 aliphatic rings. The Labute approximate surface area is 140 Å². The Morgan fingerprint density at radius 1 is 1.08 bits per heavy atom. The molecule has 0 saturated carbocycles. The summed E-state index contributed by atoms with van der Waals surface area (Å²) in [5.74, 6) is 0. The number of aliphatic hydroxyl groups excluding tert-OH is 1. The van der Waals surface area contributed by atoms with Crippen LogP contribution in [-0.4, -0.2) is 38.1 Å². The Hall–Kier alpha value is -2.44. The van der Waals surface area contributed by atoms with Crippen LogP contribution in [-0.2, 0) is 13.1 Å². The van der Waals surface area contributed by atoms with Gasteiger partial charge >= 0.3 is 0 Å². The van der Waals surface area contributed by atoms with Gasteiger partial charge in [0.05, 0.1) is 11.8 Å². The van der Waals surface area contributed by atoms with E-state index in [2.05, 4.69) is 32.0 Å². The lowest BCUT2D eigenvalue weighted by atomic mass is 10.1. The normalized spacial score (nSPS) is 11.4. The largest absolute Gasteiger partial charge is 0.396 e. The SMILES string of the molecule is O=c1[nH]cnc2c(CN(CCCCO)Cc3ccccc3)c[nH]c12. The monoisotopic (exact) mass is 326 g/mol. The molecule has 0 amide bonds. The average Bonchev–Trinajstić information content (AvgIpc) is 3.00. The highest BCUT2D eigenvalue weighted by Crippen LogP contribution is 2.16. The lowest BCUT2D eigenvalue weighted by molar-refractivity contribution is 0.230. The van der Waals surface area contributed by atoms with E-state index in [0.29, 0.717) is 12.1 Å². The summed E-state index contributed by atoms with van der Waals surface area (Å²) in [7, 11) is 0. The zero-order chi connectivity index (χ0) is 16.8. The molecule has 6 heteroatoms. The van der Waals surface area contributed by atoms with Crippen LogP contribution in [0.4, 0.5) is 0 Å². The third-order valence-corrected chi connectivity index (χ3v) is 4.07. The second-order valence-corrected chi connectivity index (χ2v) is 5.90. The van der Waals surface area contributed by atoms with Gasteiger partial charge in [-0.1, -0.05) is 30.3 Å². The van der Waals surface area contributed by atoms with Gasteiger partial charge in [-0.05, 0) is 24.9 Å². The van der Waals surface area contributed by atoms with Crippen LogP contribution < -0.4 is 5.56 Å². The lowest BCUT2D eigenvalue weighted by Crippen LogP contribution is -2.24. The molecule has 0 unspecified atom stereocenters. The van der Waals surface area contributed by atoms with Gasteiger partial charge in [-0.25, -0.2) is 4.98 Å². The second-order valence-electron chi connectivity index (χ2n) is 5.90. The smallest absolute Gasteiger partial charge is 0.275 e. The summed E-state index contributed by atoms with van der Waals surface area (Å²) in [5, 5.41) is 9.03. The first-order valence-corrected chi connectivity index (χ1v) is 8.18. The summed E-state index contributed by atoms with van der Waals surface area (Å²) in [5.41, 5.74) is 3.34. The van der Waals surface area contributed by atoms with Crippen molar-refractivity contribution in [1.82, 2.24) is 19.9 Å². The van der Waals surface area contributed by atoms with Gasteiger partial charge in [0, 0.05) is 31.5 Å². The van der Waals surface area contributed by atoms with Crippen molar-refractivity contribution in [1.29, 1.82) is 0 Å². The topological polar surface area (TPSA) is 85.0 Å². The van der Waals surface area contributed by atoms with Gasteiger partial charge in [0.25, 0.3) is 5.56 Å². The number of unbranched alkanes of at least 4 members (excludes halogenated alkanes) is 1. The van der Waals surface area contributed by atoms with Crippen molar-refractivity contribution < 1.29 is 5.11 Å². The fraction of sp³-hybridized carbons (Fsp3) is 0.333. The van der Waals surface area contributed by atoms with Crippen molar-refractivity contribution in [3.8, 4) is 0 Å². The highest BCUT2D eigenvalue weighted by atomic mass is 16.2. The molecule has 126 valence electrons. The number of aliphatic hydroxyl groups is 1. The summed E-state index contributed by atoms with van der Waals surface area (Å²) in [6.45, 7) is 2.62. The van der Waals surface area contributed by atoms with Crippen LogP contribution in [0.3, 0.4) is 0 Å². The number of nitrogens with zero attached hydrogens (tertiary/aromatic N) is 2. The number of H-pyrrole nitrogens is 2. The number of hydrogen-bond acceptors (Lipinski definition) is 4. The van der Waals surface area contributed by atoms with E-state index in [-0.39, 0.29) is 12.2 Å². The summed E-state index contributed by atoms with van der Waals surface area (Å²) < 4.78 is 0. The molecule has 2 aromatic heterocycles. The Morgan fingerprint density at radius 2 is 1.92 bits per heavy atom. The van der Waals surface area contributed by atoms with E-state index in [9.17, 15) is 4.79 Å². The lowest BCUT2D eigenvalue weighted by Gasteiger charge is -2.22. The number of rotatable bonds is 8. The fourth-order valence-electron chi connectivity index (χ4n) is 2.87. The average molecular weight is 326 g/mol. The highest BCUT2D eigenvalue weighted by molar-refractivity contribution is 5.77. The Kier molecular flexibility index (Phi) is 5.40. The van der Waals surface area contributed by atoms with Crippen LogP contribution in [0.15, 0.2) is 47.7 Å². The van der Waals surface area contributed by atoms with E-state index >= 15 is 0 Å². The minimum absolute atomic E-state index is 0.152. The first-order chi connectivity index (χ1) is 11.8. The van der Waals surface area contributed by atoms with Crippen LogP contribution in [0, 0.1) is 0 Å². The minimum atomic E-state index is -0.152. The van der Waals surface area contributed by atoms with Gasteiger partial charge in [0.15, 0.2) is 0 Å². The molecule has 0 aliphatic carbocycles. The van der Waals surface area contributed by atoms with Crippen molar-refractivity contribution in [3.05, 3.63) is 64.3 Å². The van der Waals surface area contributed by atoms with Crippen LogP contribution in [0.2, 0.25) is 0 Å². The summed E-state index contributed by atoms with van der Waals surface area (Å²) in [4.78, 5) is 24.0. The maximum atomic E-state index is 11.8. The predicted octanol–water partition coefficient (Wildman–Crippen LogP) is 2.03. The molecule has 3 aromatic rings. The standard InChI is InChI=1S/C18H22N4O2/c23-9-5-4-8-22(11-14-6-2-1-3-7-14)12-15-10-19-17-16(15)20-13-21-18(17)24/h1-3,6-7,10,13,19,23H,4-5,8-9,11-12H2,(H,20,21,24). The van der Waals surface area contributed by atoms with Crippen LogP contribution in [0.5, 0.6) is 0 Å². The molecule has 0 radical (unpaired) electrons. The van der Waals surface area contributed by atoms with Crippen molar-refractivity contribution in [2.24, 2.45) is 0 Å². The number of fused-ring (bicyclic) bond motifs is 1. The van der Waals surface area contributed by atoms with Crippen molar-refractivity contribution in [2.75, 3.05) is 13.2 Å². The summed E-state index contributed by atoms with van der Waals surface area (Å²) in [6, 6.07) is 10.3. The molecular formula is C18H22N4O2. The van der Waals surface area contributed by atoms with E-state index in [1.54, 1.807) is 0 Å². The Balaban J connectivity index is 1.79. The number of hydrogen-bond donors (Lipinski definition) is 3. The molecule has 0 aliphatic heterocycles. The number of aromatic nitrogens is 3. The molecule has 0 bridgehead atoms. The molecule has 6 nitrogen and oxygen atoms in total. The van der Waals surface area contributed by atoms with Crippen LogP contribution in [0.1, 0.15) is 24.0 Å². The van der Waals surface area contributed by atoms with E-state index in [4.69, 9.17) is 5.11 Å². The molecule has 0 spiro atoms. The Morgan fingerprint density at radius 3 is 2.71 bits per heavy atom. The third-order valence-electron chi connectivity index (χ3n) is 4.07.